The molecule has 5 heteroatoms. The second kappa shape index (κ2) is 4.77. The quantitative estimate of drug-likeness (QED) is 0.571. The van der Waals surface area contributed by atoms with Gasteiger partial charge in [0.05, 0.1) is 16.5 Å². The Bertz CT molecular complexity index is 511. The summed E-state index contributed by atoms with van der Waals surface area (Å²) in [6, 6.07) is 8.37. The predicted molar refractivity (Wildman–Crippen MR) is 56.2 cm³/mol. The van der Waals surface area contributed by atoms with E-state index < -0.39 is 4.92 Å². The van der Waals surface area contributed by atoms with Crippen LogP contribution < -0.4 is 0 Å². The first kappa shape index (κ1) is 10.7. The molecular weight excluding hydrogens is 194 g/mol. The maximum Gasteiger partial charge on any atom is 0.271 e. The summed E-state index contributed by atoms with van der Waals surface area (Å²) in [6.07, 6.45) is 1.76. The zero-order valence-corrected chi connectivity index (χ0v) is 8.10. The van der Waals surface area contributed by atoms with Crippen molar-refractivity contribution in [3.63, 3.8) is 0 Å². The molecular formula is C10H9N3O2. The molecule has 0 bridgehead atoms. The number of nitrogens with zero attached hydrogens (tertiary/aromatic N) is 2. The van der Waals surface area contributed by atoms with Crippen LogP contribution in [0.1, 0.15) is 6.92 Å². The van der Waals surface area contributed by atoms with Gasteiger partial charge in [0, 0.05) is 25.3 Å². The molecule has 0 amide bonds. The van der Waals surface area contributed by atoms with Crippen molar-refractivity contribution in [1.82, 2.24) is 4.98 Å². The number of hydrogen-bond acceptors (Lipinski definition) is 3. The van der Waals surface area contributed by atoms with E-state index in [2.05, 4.69) is 4.98 Å². The highest BCUT2D eigenvalue weighted by molar-refractivity contribution is 5.81. The zero-order valence-electron chi connectivity index (χ0n) is 8.10. The largest absolute Gasteiger partial charge is 0.361 e. The van der Waals surface area contributed by atoms with E-state index in [1.165, 1.54) is 19.1 Å². The molecule has 0 radical (unpaired) electrons. The third-order valence-electron chi connectivity index (χ3n) is 1.75. The van der Waals surface area contributed by atoms with Crippen LogP contribution in [0.3, 0.4) is 0 Å². The number of rotatable bonds is 1. The molecule has 2 rings (SSSR count). The van der Waals surface area contributed by atoms with E-state index in [9.17, 15) is 10.1 Å². The van der Waals surface area contributed by atoms with Gasteiger partial charge in [-0.05, 0) is 17.5 Å². The summed E-state index contributed by atoms with van der Waals surface area (Å²) in [5.74, 6) is 0. The van der Waals surface area contributed by atoms with E-state index in [1.807, 2.05) is 6.07 Å². The smallest absolute Gasteiger partial charge is 0.271 e. The Morgan fingerprint density at radius 2 is 2.13 bits per heavy atom. The third kappa shape index (κ3) is 2.54. The summed E-state index contributed by atoms with van der Waals surface area (Å²) < 4.78 is 0. The molecule has 0 aliphatic heterocycles. The van der Waals surface area contributed by atoms with Crippen LogP contribution in [0, 0.1) is 21.4 Å². The average Bonchev–Trinajstić information content (AvgIpc) is 2.65. The summed E-state index contributed by atoms with van der Waals surface area (Å²) in [4.78, 5) is 12.9. The van der Waals surface area contributed by atoms with Gasteiger partial charge in [0.15, 0.2) is 0 Å². The summed E-state index contributed by atoms with van der Waals surface area (Å²) in [7, 11) is 0. The summed E-state index contributed by atoms with van der Waals surface area (Å²) in [6.45, 7) is 1.43. The van der Waals surface area contributed by atoms with Crippen molar-refractivity contribution in [3.8, 4) is 6.07 Å². The number of benzene rings is 1. The monoisotopic (exact) mass is 203 g/mol. The zero-order chi connectivity index (χ0) is 11.3. The molecule has 2 aromatic rings. The first-order valence-corrected chi connectivity index (χ1v) is 4.21. The number of nitro groups is 1. The van der Waals surface area contributed by atoms with E-state index in [0.29, 0.717) is 0 Å². The van der Waals surface area contributed by atoms with Gasteiger partial charge < -0.3 is 4.98 Å². The van der Waals surface area contributed by atoms with Crippen LogP contribution >= 0.6 is 0 Å². The lowest BCUT2D eigenvalue weighted by atomic mass is 10.2. The topological polar surface area (TPSA) is 82.7 Å². The molecule has 1 aromatic heterocycles. The van der Waals surface area contributed by atoms with E-state index in [4.69, 9.17) is 5.26 Å². The highest BCUT2D eigenvalue weighted by Crippen LogP contribution is 2.18. The Morgan fingerprint density at radius 1 is 1.47 bits per heavy atom. The number of nitriles is 1. The van der Waals surface area contributed by atoms with E-state index >= 15 is 0 Å². The van der Waals surface area contributed by atoms with Gasteiger partial charge in [-0.15, -0.1) is 0 Å². The maximum absolute atomic E-state index is 10.4. The molecule has 5 nitrogen and oxygen atoms in total. The minimum Gasteiger partial charge on any atom is -0.361 e. The van der Waals surface area contributed by atoms with Crippen LogP contribution in [-0.4, -0.2) is 9.91 Å². The Kier molecular flexibility index (Phi) is 3.41. The highest BCUT2D eigenvalue weighted by atomic mass is 16.6. The molecule has 0 unspecified atom stereocenters. The van der Waals surface area contributed by atoms with Crippen molar-refractivity contribution in [1.29, 1.82) is 5.26 Å². The molecule has 0 atom stereocenters. The molecule has 15 heavy (non-hydrogen) atoms. The first-order valence-electron chi connectivity index (χ1n) is 4.21. The second-order valence-electron chi connectivity index (χ2n) is 2.73. The van der Waals surface area contributed by atoms with E-state index in [-0.39, 0.29) is 5.69 Å². The predicted octanol–water partition coefficient (Wildman–Crippen LogP) is 2.61. The SMILES string of the molecule is CC#N.O=[N+]([O-])c1ccc2cc[nH]c2c1. The second-order valence-corrected chi connectivity index (χ2v) is 2.73. The van der Waals surface area contributed by atoms with Crippen molar-refractivity contribution in [3.05, 3.63) is 40.6 Å². The van der Waals surface area contributed by atoms with Gasteiger partial charge in [0.2, 0.25) is 0 Å². The van der Waals surface area contributed by atoms with Crippen LogP contribution in [0.5, 0.6) is 0 Å². The third-order valence-corrected chi connectivity index (χ3v) is 1.75. The van der Waals surface area contributed by atoms with E-state index in [1.54, 1.807) is 18.3 Å². The fraction of sp³-hybridized carbons (Fsp3) is 0.100. The number of nitrogens with one attached hydrogen (secondary N) is 1. The molecule has 0 aliphatic rings. The van der Waals surface area contributed by atoms with Crippen LogP contribution in [0.4, 0.5) is 5.69 Å². The van der Waals surface area contributed by atoms with Gasteiger partial charge in [-0.1, -0.05) is 0 Å². The van der Waals surface area contributed by atoms with Crippen molar-refractivity contribution < 1.29 is 4.92 Å². The Balaban J connectivity index is 0.000000337. The maximum atomic E-state index is 10.4. The summed E-state index contributed by atoms with van der Waals surface area (Å²) >= 11 is 0. The fourth-order valence-electron chi connectivity index (χ4n) is 1.15. The van der Waals surface area contributed by atoms with Gasteiger partial charge in [-0.2, -0.15) is 5.26 Å². The fourth-order valence-corrected chi connectivity index (χ4v) is 1.15. The molecule has 1 N–H and O–H groups in total. The molecule has 0 aliphatic carbocycles. The molecule has 0 saturated carbocycles. The van der Waals surface area contributed by atoms with Crippen molar-refractivity contribution >= 4 is 16.6 Å². The lowest BCUT2D eigenvalue weighted by molar-refractivity contribution is -0.384. The highest BCUT2D eigenvalue weighted by Gasteiger charge is 2.05. The Morgan fingerprint density at radius 3 is 2.73 bits per heavy atom. The standard InChI is InChI=1S/C8H6N2O2.C2H3N/c11-10(12)7-2-1-6-3-4-9-8(6)5-7;1-2-3/h1-5,9H;1H3. The molecule has 1 heterocycles. The molecule has 0 saturated heterocycles. The number of nitro benzene ring substituents is 1. The number of aromatic nitrogens is 1. The Labute approximate surface area is 86.1 Å². The van der Waals surface area contributed by atoms with Crippen LogP contribution in [-0.2, 0) is 0 Å². The molecule has 0 spiro atoms. The van der Waals surface area contributed by atoms with Gasteiger partial charge in [0.25, 0.3) is 5.69 Å². The van der Waals surface area contributed by atoms with Crippen LogP contribution in [0.15, 0.2) is 30.5 Å². The first-order chi connectivity index (χ1) is 7.19. The van der Waals surface area contributed by atoms with Crippen molar-refractivity contribution in [2.75, 3.05) is 0 Å². The van der Waals surface area contributed by atoms with Crippen molar-refractivity contribution in [2.45, 2.75) is 6.92 Å². The van der Waals surface area contributed by atoms with Crippen LogP contribution in [0.25, 0.3) is 10.9 Å². The number of aromatic amines is 1. The van der Waals surface area contributed by atoms with Crippen molar-refractivity contribution in [2.24, 2.45) is 0 Å². The van der Waals surface area contributed by atoms with Gasteiger partial charge in [0.1, 0.15) is 0 Å². The minimum atomic E-state index is -0.402. The lowest BCUT2D eigenvalue weighted by Gasteiger charge is -1.90. The summed E-state index contributed by atoms with van der Waals surface area (Å²) in [5.41, 5.74) is 0.911. The van der Waals surface area contributed by atoms with E-state index in [0.717, 1.165) is 10.9 Å². The molecule has 1 aromatic carbocycles. The minimum absolute atomic E-state index is 0.116. The normalized spacial score (nSPS) is 8.80. The van der Waals surface area contributed by atoms with Gasteiger partial charge in [-0.3, -0.25) is 10.1 Å². The number of H-pyrrole nitrogens is 1. The van der Waals surface area contributed by atoms with Crippen LogP contribution in [0.2, 0.25) is 0 Å². The number of hydrogen-bond donors (Lipinski definition) is 1. The number of fused-ring (bicyclic) bond motifs is 1. The Hall–Kier alpha value is -2.35. The molecule has 76 valence electrons. The lowest BCUT2D eigenvalue weighted by Crippen LogP contribution is -1.86. The number of non-ortho nitro benzene ring substituents is 1. The average molecular weight is 203 g/mol. The summed E-state index contributed by atoms with van der Waals surface area (Å²) in [5, 5.41) is 18.7. The molecule has 0 fully saturated rings. The van der Waals surface area contributed by atoms with Gasteiger partial charge in [-0.25, -0.2) is 0 Å². The van der Waals surface area contributed by atoms with Gasteiger partial charge >= 0.3 is 0 Å².